The molecule has 0 amide bonds. The molecule has 0 aliphatic rings. The van der Waals surface area contributed by atoms with Gasteiger partial charge in [0.15, 0.2) is 0 Å². The van der Waals surface area contributed by atoms with Crippen LogP contribution in [0.3, 0.4) is 0 Å². The first-order chi connectivity index (χ1) is 8.99. The van der Waals surface area contributed by atoms with E-state index >= 15 is 0 Å². The lowest BCUT2D eigenvalue weighted by Gasteiger charge is -1.96. The van der Waals surface area contributed by atoms with E-state index in [9.17, 15) is 0 Å². The highest BCUT2D eigenvalue weighted by molar-refractivity contribution is 6.31. The van der Waals surface area contributed by atoms with E-state index in [2.05, 4.69) is 44.2 Å². The molecule has 0 aliphatic heterocycles. The van der Waals surface area contributed by atoms with Gasteiger partial charge in [-0.2, -0.15) is 0 Å². The number of aryl methyl sites for hydroxylation is 4. The number of hydrogen-bond donors (Lipinski definition) is 0. The van der Waals surface area contributed by atoms with E-state index in [1.807, 2.05) is 39.8 Å². The first-order valence-electron chi connectivity index (χ1n) is 6.75. The third-order valence-corrected chi connectivity index (χ3v) is 2.95. The standard InChI is InChI=1S/C8H9Cl.C8H10.C2H6/c1-6-3-4-7(2)8(9)5-6;1-7-3-5-8(2)6-4-7;1-2/h3-5H,1-2H3;3-6H,1-2H3;1-2H3. The average molecular weight is 277 g/mol. The summed E-state index contributed by atoms with van der Waals surface area (Å²) in [5, 5.41) is 0.856. The second kappa shape index (κ2) is 9.63. The van der Waals surface area contributed by atoms with Crippen molar-refractivity contribution in [3.05, 3.63) is 69.7 Å². The van der Waals surface area contributed by atoms with Crippen LogP contribution in [-0.4, -0.2) is 0 Å². The van der Waals surface area contributed by atoms with Crippen LogP contribution in [0.2, 0.25) is 5.02 Å². The third kappa shape index (κ3) is 7.69. The Labute approximate surface area is 123 Å². The molecule has 1 heteroatoms. The van der Waals surface area contributed by atoms with Crippen LogP contribution < -0.4 is 0 Å². The summed E-state index contributed by atoms with van der Waals surface area (Å²) in [7, 11) is 0. The van der Waals surface area contributed by atoms with Crippen molar-refractivity contribution in [2.24, 2.45) is 0 Å². The molecular weight excluding hydrogens is 252 g/mol. The maximum atomic E-state index is 5.81. The minimum atomic E-state index is 0.856. The monoisotopic (exact) mass is 276 g/mol. The van der Waals surface area contributed by atoms with Crippen LogP contribution >= 0.6 is 11.6 Å². The summed E-state index contributed by atoms with van der Waals surface area (Å²) >= 11 is 5.81. The van der Waals surface area contributed by atoms with Gasteiger partial charge in [0, 0.05) is 5.02 Å². The summed E-state index contributed by atoms with van der Waals surface area (Å²) in [5.74, 6) is 0. The molecule has 0 bridgehead atoms. The van der Waals surface area contributed by atoms with E-state index in [1.165, 1.54) is 16.7 Å². The van der Waals surface area contributed by atoms with Gasteiger partial charge in [0.05, 0.1) is 0 Å². The van der Waals surface area contributed by atoms with Crippen molar-refractivity contribution in [2.75, 3.05) is 0 Å². The van der Waals surface area contributed by atoms with Crippen LogP contribution in [0.5, 0.6) is 0 Å². The Morgan fingerprint density at radius 2 is 1.00 bits per heavy atom. The van der Waals surface area contributed by atoms with Crippen molar-refractivity contribution in [1.29, 1.82) is 0 Å². The molecule has 0 fully saturated rings. The van der Waals surface area contributed by atoms with Gasteiger partial charge in [-0.25, -0.2) is 0 Å². The maximum absolute atomic E-state index is 5.81. The normalized spacial score (nSPS) is 8.79. The van der Waals surface area contributed by atoms with Crippen molar-refractivity contribution in [1.82, 2.24) is 0 Å². The molecule has 0 atom stereocenters. The maximum Gasteiger partial charge on any atom is 0.0437 e. The molecule has 2 rings (SSSR count). The molecule has 0 nitrogen and oxygen atoms in total. The van der Waals surface area contributed by atoms with E-state index in [0.717, 1.165) is 10.6 Å². The highest BCUT2D eigenvalue weighted by Gasteiger charge is 1.91. The van der Waals surface area contributed by atoms with E-state index < -0.39 is 0 Å². The van der Waals surface area contributed by atoms with Crippen molar-refractivity contribution >= 4 is 11.6 Å². The topological polar surface area (TPSA) is 0 Å². The summed E-state index contributed by atoms with van der Waals surface area (Å²) < 4.78 is 0. The number of rotatable bonds is 0. The fraction of sp³-hybridized carbons (Fsp3) is 0.333. The zero-order valence-corrected chi connectivity index (χ0v) is 13.7. The summed E-state index contributed by atoms with van der Waals surface area (Å²) in [6, 6.07) is 14.5. The largest absolute Gasteiger partial charge is 0.0840 e. The van der Waals surface area contributed by atoms with Crippen LogP contribution in [0, 0.1) is 27.7 Å². The molecule has 0 saturated carbocycles. The Bertz CT molecular complexity index is 449. The van der Waals surface area contributed by atoms with E-state index in [0.29, 0.717) is 0 Å². The summed E-state index contributed by atoms with van der Waals surface area (Å²) in [6.45, 7) is 12.2. The fourth-order valence-electron chi connectivity index (χ4n) is 1.33. The number of benzene rings is 2. The van der Waals surface area contributed by atoms with Gasteiger partial charge in [-0.15, -0.1) is 0 Å². The predicted molar refractivity (Wildman–Crippen MR) is 88.2 cm³/mol. The minimum absolute atomic E-state index is 0.856. The van der Waals surface area contributed by atoms with Gasteiger partial charge in [0.25, 0.3) is 0 Å². The van der Waals surface area contributed by atoms with Crippen molar-refractivity contribution in [2.45, 2.75) is 41.5 Å². The van der Waals surface area contributed by atoms with Crippen molar-refractivity contribution in [3.63, 3.8) is 0 Å². The second-order valence-electron chi connectivity index (χ2n) is 4.41. The SMILES string of the molecule is CC.Cc1ccc(C)c(Cl)c1.Cc1ccc(C)cc1. The Balaban J connectivity index is 0.000000303. The van der Waals surface area contributed by atoms with Gasteiger partial charge in [0.1, 0.15) is 0 Å². The number of hydrogen-bond acceptors (Lipinski definition) is 0. The lowest BCUT2D eigenvalue weighted by molar-refractivity contribution is 1.40. The lowest BCUT2D eigenvalue weighted by atomic mass is 10.2. The van der Waals surface area contributed by atoms with E-state index in [4.69, 9.17) is 11.6 Å². The van der Waals surface area contributed by atoms with Gasteiger partial charge in [-0.05, 0) is 44.9 Å². The summed E-state index contributed by atoms with van der Waals surface area (Å²) in [5.41, 5.74) is 5.01. The van der Waals surface area contributed by atoms with Gasteiger partial charge in [0.2, 0.25) is 0 Å². The van der Waals surface area contributed by atoms with Gasteiger partial charge in [-0.3, -0.25) is 0 Å². The second-order valence-corrected chi connectivity index (χ2v) is 4.81. The van der Waals surface area contributed by atoms with Crippen LogP contribution in [0.4, 0.5) is 0 Å². The van der Waals surface area contributed by atoms with Crippen LogP contribution in [-0.2, 0) is 0 Å². The molecule has 0 N–H and O–H groups in total. The van der Waals surface area contributed by atoms with Crippen LogP contribution in [0.25, 0.3) is 0 Å². The molecule has 0 aromatic heterocycles. The number of halogens is 1. The zero-order valence-electron chi connectivity index (χ0n) is 12.9. The molecule has 0 spiro atoms. The van der Waals surface area contributed by atoms with Gasteiger partial charge >= 0.3 is 0 Å². The molecule has 2 aromatic rings. The summed E-state index contributed by atoms with van der Waals surface area (Å²) in [4.78, 5) is 0. The Kier molecular flexibility index (Phi) is 8.99. The molecule has 0 heterocycles. The van der Waals surface area contributed by atoms with Gasteiger partial charge < -0.3 is 0 Å². The van der Waals surface area contributed by atoms with Crippen molar-refractivity contribution in [3.8, 4) is 0 Å². The predicted octanol–water partition coefficient (Wildman–Crippen LogP) is 6.29. The Morgan fingerprint density at radius 3 is 1.32 bits per heavy atom. The van der Waals surface area contributed by atoms with E-state index in [-0.39, 0.29) is 0 Å². The lowest BCUT2D eigenvalue weighted by Crippen LogP contribution is -1.75. The fourth-order valence-corrected chi connectivity index (χ4v) is 1.57. The Hall–Kier alpha value is -1.27. The van der Waals surface area contributed by atoms with Crippen molar-refractivity contribution < 1.29 is 0 Å². The van der Waals surface area contributed by atoms with Crippen LogP contribution in [0.15, 0.2) is 42.5 Å². The molecule has 0 radical (unpaired) electrons. The highest BCUT2D eigenvalue weighted by atomic mass is 35.5. The van der Waals surface area contributed by atoms with Crippen LogP contribution in [0.1, 0.15) is 36.1 Å². The molecule has 0 saturated heterocycles. The Morgan fingerprint density at radius 1 is 0.632 bits per heavy atom. The summed E-state index contributed by atoms with van der Waals surface area (Å²) in [6.07, 6.45) is 0. The average Bonchev–Trinajstić information content (AvgIpc) is 2.41. The quantitative estimate of drug-likeness (QED) is 0.531. The molecular formula is C18H25Cl. The highest BCUT2D eigenvalue weighted by Crippen LogP contribution is 2.15. The zero-order chi connectivity index (χ0) is 14.8. The molecule has 0 aliphatic carbocycles. The first-order valence-corrected chi connectivity index (χ1v) is 7.13. The van der Waals surface area contributed by atoms with Gasteiger partial charge in [-0.1, -0.05) is 73.0 Å². The minimum Gasteiger partial charge on any atom is -0.0840 e. The molecule has 0 unspecified atom stereocenters. The molecule has 104 valence electrons. The smallest absolute Gasteiger partial charge is 0.0437 e. The third-order valence-electron chi connectivity index (χ3n) is 2.55. The first kappa shape index (κ1) is 17.7. The molecule has 2 aromatic carbocycles. The molecule has 19 heavy (non-hydrogen) atoms. The van der Waals surface area contributed by atoms with E-state index in [1.54, 1.807) is 0 Å².